The van der Waals surface area contributed by atoms with Crippen LogP contribution in [0.3, 0.4) is 0 Å². The van der Waals surface area contributed by atoms with Crippen LogP contribution in [-0.2, 0) is 5.41 Å². The summed E-state index contributed by atoms with van der Waals surface area (Å²) in [6.45, 7) is 0. The first-order valence-corrected chi connectivity index (χ1v) is 17.8. The van der Waals surface area contributed by atoms with E-state index in [4.69, 9.17) is 14.7 Å². The van der Waals surface area contributed by atoms with Crippen LogP contribution in [0.2, 0.25) is 0 Å². The fourth-order valence-electron chi connectivity index (χ4n) is 9.20. The zero-order valence-corrected chi connectivity index (χ0v) is 27.8. The fraction of sp³-hybridized carbons (Fsp3) is 0.0833. The predicted molar refractivity (Wildman–Crippen MR) is 204 cm³/mol. The van der Waals surface area contributed by atoms with E-state index in [0.717, 1.165) is 57.1 Å². The number of hydrogen-bond donors (Lipinski definition) is 0. The number of allylic oxidation sites excluding steroid dienone is 10. The minimum atomic E-state index is -0.539. The first-order chi connectivity index (χ1) is 25.3. The van der Waals surface area contributed by atoms with Crippen LogP contribution < -0.4 is 4.74 Å². The highest BCUT2D eigenvalue weighted by molar-refractivity contribution is 5.89. The summed E-state index contributed by atoms with van der Waals surface area (Å²) in [5.74, 6) is 3.20. The van der Waals surface area contributed by atoms with Crippen LogP contribution in [0.25, 0.3) is 39.3 Å². The number of aromatic nitrogens is 2. The molecule has 0 saturated heterocycles. The third-order valence-electron chi connectivity index (χ3n) is 11.3. The van der Waals surface area contributed by atoms with Gasteiger partial charge < -0.3 is 4.74 Å². The molecule has 4 aliphatic carbocycles. The Morgan fingerprint density at radius 1 is 0.627 bits per heavy atom. The maximum absolute atomic E-state index is 6.72. The summed E-state index contributed by atoms with van der Waals surface area (Å²) >= 11 is 0. The van der Waals surface area contributed by atoms with Gasteiger partial charge in [-0.25, -0.2) is 9.97 Å². The molecule has 0 amide bonds. The van der Waals surface area contributed by atoms with Crippen molar-refractivity contribution in [3.63, 3.8) is 0 Å². The Kier molecular flexibility index (Phi) is 6.06. The Bertz CT molecular complexity index is 2560. The van der Waals surface area contributed by atoms with Crippen molar-refractivity contribution in [3.05, 3.63) is 209 Å². The van der Waals surface area contributed by atoms with Gasteiger partial charge in [0.2, 0.25) is 0 Å². The van der Waals surface area contributed by atoms with Crippen LogP contribution in [0.1, 0.15) is 34.4 Å². The predicted octanol–water partition coefficient (Wildman–Crippen LogP) is 11.3. The van der Waals surface area contributed by atoms with Gasteiger partial charge in [0.15, 0.2) is 5.82 Å². The van der Waals surface area contributed by atoms with Gasteiger partial charge in [0.25, 0.3) is 0 Å². The summed E-state index contributed by atoms with van der Waals surface area (Å²) in [7, 11) is 0. The van der Waals surface area contributed by atoms with Crippen molar-refractivity contribution in [1.82, 2.24) is 9.97 Å². The molecule has 11 rings (SSSR count). The molecule has 2 heterocycles. The molecule has 2 unspecified atom stereocenters. The highest BCUT2D eigenvalue weighted by Crippen LogP contribution is 2.62. The molecule has 0 saturated carbocycles. The maximum atomic E-state index is 6.72. The van der Waals surface area contributed by atoms with Crippen LogP contribution in [-0.4, -0.2) is 9.97 Å². The lowest BCUT2D eigenvalue weighted by Gasteiger charge is -2.39. The van der Waals surface area contributed by atoms with Crippen molar-refractivity contribution in [2.24, 2.45) is 11.8 Å². The largest absolute Gasteiger partial charge is 0.457 e. The summed E-state index contributed by atoms with van der Waals surface area (Å²) in [5.41, 5.74) is 14.6. The lowest BCUT2D eigenvalue weighted by molar-refractivity contribution is 0.436. The second-order valence-corrected chi connectivity index (χ2v) is 14.0. The fourth-order valence-corrected chi connectivity index (χ4v) is 9.20. The molecular weight excluding hydrogens is 621 g/mol. The summed E-state index contributed by atoms with van der Waals surface area (Å²) < 4.78 is 6.72. The van der Waals surface area contributed by atoms with Gasteiger partial charge >= 0.3 is 0 Å². The van der Waals surface area contributed by atoms with Gasteiger partial charge in [-0.3, -0.25) is 0 Å². The first-order valence-electron chi connectivity index (χ1n) is 17.8. The van der Waals surface area contributed by atoms with Crippen LogP contribution in [0.4, 0.5) is 0 Å². The topological polar surface area (TPSA) is 35.0 Å². The van der Waals surface area contributed by atoms with Crippen LogP contribution >= 0.6 is 0 Å². The highest BCUT2D eigenvalue weighted by atomic mass is 16.5. The number of nitrogens with zero attached hydrogens (tertiary/aromatic N) is 2. The van der Waals surface area contributed by atoms with E-state index < -0.39 is 5.41 Å². The van der Waals surface area contributed by atoms with Crippen molar-refractivity contribution in [2.45, 2.75) is 11.8 Å². The standard InChI is InChI=1S/C48H32N2O/c1-2-12-31(13-3-1)47-49-42(29-43(50-47)35-26-33-16-10-14-30-15-11-17-34(27-35)46(30)33)32-24-25-45-41(28-32)48(40-22-8-9-23-44(40)51-45)38-20-6-4-18-36(38)37-19-5-7-21-39(37)48/h1-14,16-29,34,46H,15H2. The molecule has 0 bridgehead atoms. The second kappa shape index (κ2) is 10.8. The molecule has 51 heavy (non-hydrogen) atoms. The van der Waals surface area contributed by atoms with E-state index in [-0.39, 0.29) is 0 Å². The number of benzene rings is 5. The molecule has 1 aliphatic heterocycles. The third-order valence-corrected chi connectivity index (χ3v) is 11.3. The molecule has 5 aromatic carbocycles. The third kappa shape index (κ3) is 4.12. The Morgan fingerprint density at radius 2 is 1.33 bits per heavy atom. The second-order valence-electron chi connectivity index (χ2n) is 14.0. The van der Waals surface area contributed by atoms with Crippen molar-refractivity contribution in [2.75, 3.05) is 0 Å². The average molecular weight is 653 g/mol. The summed E-state index contributed by atoms with van der Waals surface area (Å²) in [5, 5.41) is 0. The number of hydrogen-bond acceptors (Lipinski definition) is 3. The van der Waals surface area contributed by atoms with E-state index in [9.17, 15) is 0 Å². The van der Waals surface area contributed by atoms with E-state index in [1.165, 1.54) is 33.4 Å². The minimum absolute atomic E-state index is 0.312. The van der Waals surface area contributed by atoms with Gasteiger partial charge in [-0.1, -0.05) is 139 Å². The van der Waals surface area contributed by atoms with Gasteiger partial charge in [-0.2, -0.15) is 0 Å². The van der Waals surface area contributed by atoms with Crippen LogP contribution in [0.15, 0.2) is 181 Å². The Labute approximate surface area is 297 Å². The zero-order valence-electron chi connectivity index (χ0n) is 27.8. The molecule has 3 heteroatoms. The van der Waals surface area contributed by atoms with E-state index in [1.54, 1.807) is 0 Å². The number of fused-ring (bicyclic) bond motifs is 9. The normalized spacial score (nSPS) is 19.4. The van der Waals surface area contributed by atoms with E-state index in [0.29, 0.717) is 17.7 Å². The van der Waals surface area contributed by atoms with E-state index >= 15 is 0 Å². The number of para-hydroxylation sites is 1. The Hall–Kier alpha value is -6.32. The summed E-state index contributed by atoms with van der Waals surface area (Å²) in [6, 6.07) is 45.3. The molecule has 0 fully saturated rings. The van der Waals surface area contributed by atoms with Crippen LogP contribution in [0, 0.1) is 11.8 Å². The monoisotopic (exact) mass is 652 g/mol. The summed E-state index contributed by atoms with van der Waals surface area (Å²) in [4.78, 5) is 10.5. The number of ether oxygens (including phenoxy) is 1. The molecule has 5 aliphatic rings. The molecule has 3 nitrogen and oxygen atoms in total. The number of rotatable bonds is 3. The van der Waals surface area contributed by atoms with Crippen molar-refractivity contribution in [1.29, 1.82) is 0 Å². The smallest absolute Gasteiger partial charge is 0.160 e. The van der Waals surface area contributed by atoms with E-state index in [1.807, 2.05) is 6.07 Å². The lowest BCUT2D eigenvalue weighted by atomic mass is 9.66. The summed E-state index contributed by atoms with van der Waals surface area (Å²) in [6.07, 6.45) is 17.2. The Balaban J connectivity index is 1.14. The molecule has 1 aromatic heterocycles. The van der Waals surface area contributed by atoms with Gasteiger partial charge in [0, 0.05) is 34.1 Å². The molecule has 0 radical (unpaired) electrons. The van der Waals surface area contributed by atoms with Gasteiger partial charge in [-0.15, -0.1) is 0 Å². The van der Waals surface area contributed by atoms with Crippen molar-refractivity contribution in [3.8, 4) is 45.3 Å². The van der Waals surface area contributed by atoms with E-state index in [2.05, 4.69) is 164 Å². The average Bonchev–Trinajstić information content (AvgIpc) is 3.49. The van der Waals surface area contributed by atoms with Gasteiger partial charge in [0.05, 0.1) is 16.8 Å². The molecule has 1 spiro atoms. The van der Waals surface area contributed by atoms with Crippen LogP contribution in [0.5, 0.6) is 11.5 Å². The molecule has 2 atom stereocenters. The van der Waals surface area contributed by atoms with Gasteiger partial charge in [0.1, 0.15) is 11.5 Å². The SMILES string of the molecule is C1=CC2=CC(c3cc(-c4ccc5c(c4)C4(c6ccccc6O5)c5ccccc5-c5ccccc54)nc(-c4ccccc4)n3)=CC3C=CCC(=C1)C23. The zero-order chi connectivity index (χ0) is 33.5. The first kappa shape index (κ1) is 28.5. The lowest BCUT2D eigenvalue weighted by Crippen LogP contribution is -2.32. The maximum Gasteiger partial charge on any atom is 0.160 e. The molecule has 240 valence electrons. The minimum Gasteiger partial charge on any atom is -0.457 e. The molecule has 0 N–H and O–H groups in total. The molecule has 6 aromatic rings. The van der Waals surface area contributed by atoms with Gasteiger partial charge in [-0.05, 0) is 76.2 Å². The Morgan fingerprint density at radius 3 is 2.16 bits per heavy atom. The van der Waals surface area contributed by atoms with Crippen molar-refractivity contribution < 1.29 is 4.74 Å². The quantitative estimate of drug-likeness (QED) is 0.178. The molecular formula is C48H32N2O. The highest BCUT2D eigenvalue weighted by Gasteiger charge is 2.51. The van der Waals surface area contributed by atoms with Crippen molar-refractivity contribution >= 4 is 5.57 Å².